The summed E-state index contributed by atoms with van der Waals surface area (Å²) >= 11 is 6.18. The van der Waals surface area contributed by atoms with Crippen molar-refractivity contribution in [1.29, 1.82) is 5.26 Å². The van der Waals surface area contributed by atoms with Crippen LogP contribution in [0.4, 0.5) is 5.69 Å². The maximum Gasteiger partial charge on any atom is 0.338 e. The van der Waals surface area contributed by atoms with Crippen LogP contribution in [0.1, 0.15) is 25.3 Å². The van der Waals surface area contributed by atoms with Crippen LogP contribution in [0.3, 0.4) is 0 Å². The number of hydrogen-bond acceptors (Lipinski definition) is 7. The number of ether oxygens (including phenoxy) is 2. The molecule has 1 aromatic rings. The van der Waals surface area contributed by atoms with E-state index in [9.17, 15) is 20.2 Å². The molecular formula is C16H14ClN3O5. The second kappa shape index (κ2) is 7.23. The number of non-ortho nitro benzene ring substituents is 1. The second-order valence-corrected chi connectivity index (χ2v) is 5.49. The van der Waals surface area contributed by atoms with Crippen molar-refractivity contribution < 1.29 is 19.2 Å². The summed E-state index contributed by atoms with van der Waals surface area (Å²) in [5, 5.41) is 20.4. The molecular weight excluding hydrogens is 350 g/mol. The van der Waals surface area contributed by atoms with Gasteiger partial charge in [-0.3, -0.25) is 10.1 Å². The Kier molecular flexibility index (Phi) is 5.29. The summed E-state index contributed by atoms with van der Waals surface area (Å²) in [7, 11) is 0. The van der Waals surface area contributed by atoms with Gasteiger partial charge in [0, 0.05) is 12.1 Å². The molecule has 9 heteroatoms. The van der Waals surface area contributed by atoms with Crippen LogP contribution in [0, 0.1) is 21.4 Å². The molecule has 1 atom stereocenters. The van der Waals surface area contributed by atoms with Gasteiger partial charge in [-0.25, -0.2) is 4.79 Å². The molecule has 0 fully saturated rings. The fourth-order valence-corrected chi connectivity index (χ4v) is 2.81. The first-order chi connectivity index (χ1) is 11.8. The van der Waals surface area contributed by atoms with Gasteiger partial charge < -0.3 is 15.2 Å². The van der Waals surface area contributed by atoms with Crippen molar-refractivity contribution in [2.45, 2.75) is 19.8 Å². The van der Waals surface area contributed by atoms with Gasteiger partial charge in [0.15, 0.2) is 0 Å². The van der Waals surface area contributed by atoms with Crippen LogP contribution in [-0.4, -0.2) is 17.5 Å². The van der Waals surface area contributed by atoms with E-state index in [1.807, 2.05) is 6.07 Å². The third-order valence-corrected chi connectivity index (χ3v) is 3.93. The summed E-state index contributed by atoms with van der Waals surface area (Å²) in [5.74, 6) is -1.60. The molecule has 25 heavy (non-hydrogen) atoms. The zero-order valence-corrected chi connectivity index (χ0v) is 14.2. The molecule has 130 valence electrons. The predicted molar refractivity (Wildman–Crippen MR) is 88.1 cm³/mol. The highest BCUT2D eigenvalue weighted by molar-refractivity contribution is 6.31. The lowest BCUT2D eigenvalue weighted by Gasteiger charge is -2.27. The largest absolute Gasteiger partial charge is 0.463 e. The highest BCUT2D eigenvalue weighted by Gasteiger charge is 2.37. The predicted octanol–water partition coefficient (Wildman–Crippen LogP) is 2.89. The molecule has 0 saturated carbocycles. The van der Waals surface area contributed by atoms with Gasteiger partial charge in [-0.05, 0) is 25.5 Å². The average Bonchev–Trinajstić information content (AvgIpc) is 2.54. The minimum absolute atomic E-state index is 0.0237. The van der Waals surface area contributed by atoms with Gasteiger partial charge in [0.25, 0.3) is 5.69 Å². The molecule has 0 aliphatic carbocycles. The van der Waals surface area contributed by atoms with Crippen molar-refractivity contribution in [3.63, 3.8) is 0 Å². The number of hydrogen-bond donors (Lipinski definition) is 1. The van der Waals surface area contributed by atoms with Crippen LogP contribution >= 0.6 is 11.6 Å². The lowest BCUT2D eigenvalue weighted by atomic mass is 9.83. The van der Waals surface area contributed by atoms with E-state index in [1.54, 1.807) is 6.92 Å². The van der Waals surface area contributed by atoms with Gasteiger partial charge in [-0.2, -0.15) is 5.26 Å². The van der Waals surface area contributed by atoms with Gasteiger partial charge in [-0.1, -0.05) is 11.6 Å². The molecule has 1 heterocycles. The number of nitrogens with two attached hydrogens (primary N) is 1. The molecule has 0 aromatic heterocycles. The van der Waals surface area contributed by atoms with Gasteiger partial charge in [0.05, 0.1) is 28.0 Å². The van der Waals surface area contributed by atoms with Crippen molar-refractivity contribution >= 4 is 23.3 Å². The summed E-state index contributed by atoms with van der Waals surface area (Å²) in [4.78, 5) is 22.7. The number of nitro groups is 1. The Morgan fingerprint density at radius 2 is 2.24 bits per heavy atom. The first-order valence-corrected chi connectivity index (χ1v) is 7.58. The van der Waals surface area contributed by atoms with E-state index < -0.39 is 16.8 Å². The average molecular weight is 364 g/mol. The molecule has 2 rings (SSSR count). The molecule has 2 N–H and O–H groups in total. The molecule has 1 aliphatic rings. The van der Waals surface area contributed by atoms with Gasteiger partial charge in [0.1, 0.15) is 17.4 Å². The highest BCUT2D eigenvalue weighted by atomic mass is 35.5. The Hall–Kier alpha value is -3.05. The van der Waals surface area contributed by atoms with Crippen molar-refractivity contribution in [3.05, 3.63) is 61.7 Å². The Morgan fingerprint density at radius 1 is 1.56 bits per heavy atom. The lowest BCUT2D eigenvalue weighted by molar-refractivity contribution is -0.384. The number of carbonyl (C=O) groups excluding carboxylic acids is 1. The standard InChI is InChI=1S/C16H14ClN3O5/c1-3-24-16(21)13-8(2)25-15(19)11(7-18)14(13)10-5-4-9(20(22)23)6-12(10)17/h4-6,14H,3,19H2,1-2H3/t14-/m0/s1. The quantitative estimate of drug-likeness (QED) is 0.494. The van der Waals surface area contributed by atoms with Crippen LogP contribution in [0.5, 0.6) is 0 Å². The minimum Gasteiger partial charge on any atom is -0.463 e. The number of nitriles is 1. The smallest absolute Gasteiger partial charge is 0.338 e. The number of benzene rings is 1. The number of allylic oxidation sites excluding steroid dienone is 2. The molecule has 0 bridgehead atoms. The Labute approximate surface area is 148 Å². The Balaban J connectivity index is 2.67. The van der Waals surface area contributed by atoms with Gasteiger partial charge >= 0.3 is 5.97 Å². The van der Waals surface area contributed by atoms with E-state index in [-0.39, 0.29) is 40.1 Å². The molecule has 1 aliphatic heterocycles. The van der Waals surface area contributed by atoms with Crippen LogP contribution in [0.15, 0.2) is 41.0 Å². The topological polar surface area (TPSA) is 128 Å². The number of halogens is 1. The fraction of sp³-hybridized carbons (Fsp3) is 0.250. The van der Waals surface area contributed by atoms with Crippen LogP contribution in [0.2, 0.25) is 5.02 Å². The van der Waals surface area contributed by atoms with E-state index >= 15 is 0 Å². The first-order valence-electron chi connectivity index (χ1n) is 7.21. The number of nitro benzene ring substituents is 1. The zero-order valence-electron chi connectivity index (χ0n) is 13.4. The Bertz CT molecular complexity index is 854. The van der Waals surface area contributed by atoms with Crippen molar-refractivity contribution in [2.24, 2.45) is 5.73 Å². The summed E-state index contributed by atoms with van der Waals surface area (Å²) in [6, 6.07) is 5.68. The monoisotopic (exact) mass is 363 g/mol. The van der Waals surface area contributed by atoms with E-state index in [0.717, 1.165) is 6.07 Å². The first kappa shape index (κ1) is 18.3. The van der Waals surface area contributed by atoms with Gasteiger partial charge in [-0.15, -0.1) is 0 Å². The lowest BCUT2D eigenvalue weighted by Crippen LogP contribution is -2.25. The van der Waals surface area contributed by atoms with Gasteiger partial charge in [0.2, 0.25) is 5.88 Å². The molecule has 0 amide bonds. The summed E-state index contributed by atoms with van der Waals surface area (Å²) in [6.45, 7) is 3.28. The molecule has 0 spiro atoms. The molecule has 0 saturated heterocycles. The number of rotatable bonds is 4. The molecule has 0 radical (unpaired) electrons. The second-order valence-electron chi connectivity index (χ2n) is 5.08. The van der Waals surface area contributed by atoms with E-state index in [1.165, 1.54) is 19.1 Å². The Morgan fingerprint density at radius 3 is 2.76 bits per heavy atom. The fourth-order valence-electron chi connectivity index (χ4n) is 2.53. The van der Waals surface area contributed by atoms with E-state index in [2.05, 4.69) is 0 Å². The summed E-state index contributed by atoms with van der Waals surface area (Å²) < 4.78 is 10.3. The van der Waals surface area contributed by atoms with E-state index in [4.69, 9.17) is 26.8 Å². The summed E-state index contributed by atoms with van der Waals surface area (Å²) in [6.07, 6.45) is 0. The SMILES string of the molecule is CCOC(=O)C1=C(C)OC(N)=C(C#N)[C@@H]1c1ccc([N+](=O)[O-])cc1Cl. The van der Waals surface area contributed by atoms with E-state index in [0.29, 0.717) is 5.56 Å². The number of nitrogens with zero attached hydrogens (tertiary/aromatic N) is 2. The van der Waals surface area contributed by atoms with Crippen molar-refractivity contribution in [1.82, 2.24) is 0 Å². The summed E-state index contributed by atoms with van der Waals surface area (Å²) in [5.41, 5.74) is 5.92. The minimum atomic E-state index is -0.939. The normalized spacial score (nSPS) is 17.0. The maximum absolute atomic E-state index is 12.4. The van der Waals surface area contributed by atoms with Crippen LogP contribution in [0.25, 0.3) is 0 Å². The molecule has 8 nitrogen and oxygen atoms in total. The highest BCUT2D eigenvalue weighted by Crippen LogP contribution is 2.42. The van der Waals surface area contributed by atoms with Crippen LogP contribution < -0.4 is 5.73 Å². The third-order valence-electron chi connectivity index (χ3n) is 3.61. The molecule has 0 unspecified atom stereocenters. The number of esters is 1. The number of carbonyl (C=O) groups is 1. The zero-order chi connectivity index (χ0) is 18.7. The van der Waals surface area contributed by atoms with Crippen LogP contribution in [-0.2, 0) is 14.3 Å². The van der Waals surface area contributed by atoms with Crippen molar-refractivity contribution in [3.8, 4) is 6.07 Å². The van der Waals surface area contributed by atoms with Crippen molar-refractivity contribution in [2.75, 3.05) is 6.61 Å². The third kappa shape index (κ3) is 3.41. The maximum atomic E-state index is 12.4. The molecule has 1 aromatic carbocycles.